The second-order valence-electron chi connectivity index (χ2n) is 9.23. The van der Waals surface area contributed by atoms with Gasteiger partial charge in [0.25, 0.3) is 5.56 Å². The highest BCUT2D eigenvalue weighted by molar-refractivity contribution is 5.77. The van der Waals surface area contributed by atoms with Crippen LogP contribution in [0.2, 0.25) is 0 Å². The van der Waals surface area contributed by atoms with E-state index < -0.39 is 34.7 Å². The molecular formula is C25H33F3N4O4. The molecule has 3 heterocycles. The smallest absolute Gasteiger partial charge is 0.326 e. The first-order valence-electron chi connectivity index (χ1n) is 11.7. The van der Waals surface area contributed by atoms with Gasteiger partial charge < -0.3 is 20.4 Å². The second-order valence-corrected chi connectivity index (χ2v) is 9.23. The number of hydrogen-bond donors (Lipinski definition) is 4. The van der Waals surface area contributed by atoms with Gasteiger partial charge in [-0.15, -0.1) is 0 Å². The van der Waals surface area contributed by atoms with Gasteiger partial charge in [-0.05, 0) is 50.5 Å². The molecule has 0 radical (unpaired) electrons. The average molecular weight is 511 g/mol. The van der Waals surface area contributed by atoms with Crippen molar-refractivity contribution in [3.63, 3.8) is 0 Å². The molecule has 1 aromatic heterocycles. The van der Waals surface area contributed by atoms with E-state index >= 15 is 0 Å². The third kappa shape index (κ3) is 6.03. The lowest BCUT2D eigenvalue weighted by atomic mass is 9.92. The van der Waals surface area contributed by atoms with Crippen LogP contribution in [0.1, 0.15) is 48.5 Å². The fraction of sp³-hybridized carbons (Fsp3) is 0.400. The summed E-state index contributed by atoms with van der Waals surface area (Å²) in [7, 11) is 0. The van der Waals surface area contributed by atoms with Gasteiger partial charge in [0.05, 0.1) is 30.2 Å². The topological polar surface area (TPSA) is 116 Å². The molecule has 1 amide bonds. The molecule has 0 unspecified atom stereocenters. The SMILES string of the molecule is C[C@@H](NC(=O)CC[C@]12CC[C@H](COC1)N2)c1ccc(F)cc1F.O=c1[nH]c(=O)c2cc(F)ccc2[nH]1.[HH].[HH].[HH]. The number of ether oxygens (including phenoxy) is 1. The van der Waals surface area contributed by atoms with Gasteiger partial charge in [-0.1, -0.05) is 6.07 Å². The van der Waals surface area contributed by atoms with Crippen LogP contribution in [0.4, 0.5) is 13.2 Å². The number of aromatic nitrogens is 2. The second kappa shape index (κ2) is 10.7. The molecule has 0 saturated carbocycles. The van der Waals surface area contributed by atoms with Crippen LogP contribution in [0.3, 0.4) is 0 Å². The Labute approximate surface area is 208 Å². The summed E-state index contributed by atoms with van der Waals surface area (Å²) in [4.78, 5) is 38.4. The van der Waals surface area contributed by atoms with E-state index in [1.807, 2.05) is 4.98 Å². The first-order valence-corrected chi connectivity index (χ1v) is 11.7. The van der Waals surface area contributed by atoms with Gasteiger partial charge in [0.2, 0.25) is 5.91 Å². The highest BCUT2D eigenvalue weighted by Crippen LogP contribution is 2.32. The molecule has 4 N–H and O–H groups in total. The number of fused-ring (bicyclic) bond motifs is 3. The summed E-state index contributed by atoms with van der Waals surface area (Å²) in [6.07, 6.45) is 3.16. The molecular weight excluding hydrogens is 477 g/mol. The zero-order chi connectivity index (χ0) is 25.9. The fourth-order valence-electron chi connectivity index (χ4n) is 4.67. The van der Waals surface area contributed by atoms with Crippen molar-refractivity contribution in [1.82, 2.24) is 20.6 Å². The average Bonchev–Trinajstić information content (AvgIpc) is 3.12. The summed E-state index contributed by atoms with van der Waals surface area (Å²) >= 11 is 0. The van der Waals surface area contributed by atoms with E-state index in [0.29, 0.717) is 31.0 Å². The van der Waals surface area contributed by atoms with Gasteiger partial charge in [0.15, 0.2) is 0 Å². The molecule has 2 aliphatic rings. The van der Waals surface area contributed by atoms with Crippen molar-refractivity contribution in [3.8, 4) is 0 Å². The maximum atomic E-state index is 13.7. The summed E-state index contributed by atoms with van der Waals surface area (Å²) in [6.45, 7) is 3.08. The highest BCUT2D eigenvalue weighted by atomic mass is 19.1. The number of benzene rings is 2. The Hall–Kier alpha value is -3.44. The zero-order valence-electron chi connectivity index (χ0n) is 19.6. The van der Waals surface area contributed by atoms with Crippen LogP contribution >= 0.6 is 0 Å². The molecule has 2 aromatic carbocycles. The van der Waals surface area contributed by atoms with Gasteiger partial charge >= 0.3 is 5.69 Å². The lowest BCUT2D eigenvalue weighted by molar-refractivity contribution is -0.122. The Morgan fingerprint density at radius 1 is 1.17 bits per heavy atom. The van der Waals surface area contributed by atoms with Crippen LogP contribution < -0.4 is 21.9 Å². The first-order chi connectivity index (χ1) is 17.1. The Balaban J connectivity index is 0.000000410. The van der Waals surface area contributed by atoms with Crippen LogP contribution in [0, 0.1) is 17.5 Å². The number of carbonyl (C=O) groups excluding carboxylic acids is 1. The van der Waals surface area contributed by atoms with Gasteiger partial charge in [-0.25, -0.2) is 18.0 Å². The molecule has 36 heavy (non-hydrogen) atoms. The molecule has 198 valence electrons. The molecule has 5 rings (SSSR count). The summed E-state index contributed by atoms with van der Waals surface area (Å²) in [5, 5.41) is 6.47. The third-order valence-electron chi connectivity index (χ3n) is 6.52. The number of H-pyrrole nitrogens is 2. The number of morpholine rings is 1. The van der Waals surface area contributed by atoms with E-state index in [4.69, 9.17) is 4.74 Å². The van der Waals surface area contributed by atoms with Crippen LogP contribution in [0.15, 0.2) is 46.0 Å². The lowest BCUT2D eigenvalue weighted by Crippen LogP contribution is -2.53. The summed E-state index contributed by atoms with van der Waals surface area (Å²) in [5.74, 6) is -1.91. The predicted molar refractivity (Wildman–Crippen MR) is 133 cm³/mol. The normalized spacial score (nSPS) is 21.5. The first kappa shape index (κ1) is 25.6. The van der Waals surface area contributed by atoms with Gasteiger partial charge in [-0.2, -0.15) is 0 Å². The molecule has 3 aromatic rings. The van der Waals surface area contributed by atoms with Gasteiger partial charge in [0, 0.05) is 33.9 Å². The minimum Gasteiger partial charge on any atom is -0.378 e. The predicted octanol–water partition coefficient (Wildman–Crippen LogP) is 3.54. The number of nitrogens with one attached hydrogen (secondary N) is 4. The van der Waals surface area contributed by atoms with Crippen molar-refractivity contribution in [2.75, 3.05) is 13.2 Å². The monoisotopic (exact) mass is 510 g/mol. The summed E-state index contributed by atoms with van der Waals surface area (Å²) < 4.78 is 44.9. The number of amides is 1. The highest BCUT2D eigenvalue weighted by Gasteiger charge is 2.42. The maximum Gasteiger partial charge on any atom is 0.326 e. The van der Waals surface area contributed by atoms with Crippen molar-refractivity contribution >= 4 is 16.8 Å². The molecule has 3 atom stereocenters. The zero-order valence-corrected chi connectivity index (χ0v) is 19.6. The largest absolute Gasteiger partial charge is 0.378 e. The van der Waals surface area contributed by atoms with Crippen molar-refractivity contribution < 1.29 is 27.0 Å². The third-order valence-corrected chi connectivity index (χ3v) is 6.52. The molecule has 2 fully saturated rings. The molecule has 0 aliphatic carbocycles. The maximum absolute atomic E-state index is 13.7. The number of rotatable bonds is 5. The molecule has 11 heteroatoms. The summed E-state index contributed by atoms with van der Waals surface area (Å²) in [6, 6.07) is 6.91. The van der Waals surface area contributed by atoms with Crippen LogP contribution in [0.5, 0.6) is 0 Å². The number of halogens is 3. The van der Waals surface area contributed by atoms with Crippen molar-refractivity contribution in [3.05, 3.63) is 80.3 Å². The fourth-order valence-corrected chi connectivity index (χ4v) is 4.67. The van der Waals surface area contributed by atoms with Crippen LogP contribution in [-0.4, -0.2) is 40.7 Å². The van der Waals surface area contributed by atoms with Crippen molar-refractivity contribution in [2.24, 2.45) is 0 Å². The van der Waals surface area contributed by atoms with Crippen LogP contribution in [-0.2, 0) is 9.53 Å². The van der Waals surface area contributed by atoms with E-state index in [-0.39, 0.29) is 26.7 Å². The van der Waals surface area contributed by atoms with E-state index in [0.717, 1.165) is 31.6 Å². The standard InChI is InChI=1S/C17H22F2N2O2.C8H5FN2O2.3H2/c1-11(14-3-2-12(18)8-15(14)19)20-16(22)5-7-17-6-4-13(21-17)9-23-10-17;9-4-1-2-6-5(3-4)7(12)11-8(13)10-6;;;/h2-3,8,11,13,21H,4-7,9-10H2,1H3,(H,20,22);1-3H,(H2,10,11,12,13);3*1H/t11-,13-,17-;;;;/m1..../s1. The van der Waals surface area contributed by atoms with E-state index in [1.54, 1.807) is 6.92 Å². The van der Waals surface area contributed by atoms with Crippen LogP contribution in [0.25, 0.3) is 10.9 Å². The number of carbonyl (C=O) groups is 1. The summed E-state index contributed by atoms with van der Waals surface area (Å²) in [5.41, 5.74) is -0.652. The number of aromatic amines is 2. The quantitative estimate of drug-likeness (QED) is 0.419. The van der Waals surface area contributed by atoms with Gasteiger partial charge in [-0.3, -0.25) is 14.6 Å². The minimum absolute atomic E-state index is 0. The Kier molecular flexibility index (Phi) is 7.60. The molecule has 2 aliphatic heterocycles. The van der Waals surface area contributed by atoms with E-state index in [1.165, 1.54) is 24.3 Å². The van der Waals surface area contributed by atoms with Crippen molar-refractivity contribution in [2.45, 2.75) is 50.2 Å². The molecule has 2 saturated heterocycles. The van der Waals surface area contributed by atoms with Gasteiger partial charge in [0.1, 0.15) is 17.5 Å². The number of hydrogen-bond acceptors (Lipinski definition) is 5. The Bertz CT molecular complexity index is 1390. The molecule has 2 bridgehead atoms. The molecule has 0 spiro atoms. The lowest BCUT2D eigenvalue weighted by Gasteiger charge is -2.34. The van der Waals surface area contributed by atoms with Crippen molar-refractivity contribution in [1.29, 1.82) is 0 Å². The van der Waals surface area contributed by atoms with E-state index in [2.05, 4.69) is 15.6 Å². The Morgan fingerprint density at radius 3 is 2.69 bits per heavy atom. The molecule has 8 nitrogen and oxygen atoms in total. The Morgan fingerprint density at radius 2 is 1.92 bits per heavy atom. The minimum atomic E-state index is -0.641. The van der Waals surface area contributed by atoms with E-state index in [9.17, 15) is 27.6 Å².